The molecule has 0 saturated carbocycles. The van der Waals surface area contributed by atoms with Gasteiger partial charge in [0.25, 0.3) is 0 Å². The van der Waals surface area contributed by atoms with Gasteiger partial charge in [0.1, 0.15) is 0 Å². The topological polar surface area (TPSA) is 44.7 Å². The standard InChI is InChI=1S/C29H60N2O2/c1-6-27-30-21-23-31(27)22-20-29(9-4,10-5)19-13-16-26-33-25-15-12-18-28(7-2,8-3)17-11-14-24-32/h27,30,32H,6-26H2,1-5H3. The number of unbranched alkanes of at least 4 members (excludes halogenated alkanes) is 3. The smallest absolute Gasteiger partial charge is 0.0595 e. The third kappa shape index (κ3) is 11.4. The molecule has 0 amide bonds. The van der Waals surface area contributed by atoms with Crippen LogP contribution in [-0.2, 0) is 4.74 Å². The molecule has 1 aliphatic heterocycles. The summed E-state index contributed by atoms with van der Waals surface area (Å²) >= 11 is 0. The number of aliphatic hydroxyl groups excluding tert-OH is 1. The second-order valence-corrected chi connectivity index (χ2v) is 10.8. The summed E-state index contributed by atoms with van der Waals surface area (Å²) in [5.41, 5.74) is 1.00. The number of hydrogen-bond donors (Lipinski definition) is 2. The second-order valence-electron chi connectivity index (χ2n) is 10.8. The molecule has 1 saturated heterocycles. The van der Waals surface area contributed by atoms with E-state index in [4.69, 9.17) is 9.84 Å². The lowest BCUT2D eigenvalue weighted by molar-refractivity contribution is 0.110. The van der Waals surface area contributed by atoms with Crippen LogP contribution in [0.5, 0.6) is 0 Å². The Hall–Kier alpha value is -0.160. The summed E-state index contributed by atoms with van der Waals surface area (Å²) in [5.74, 6) is 0. The predicted octanol–water partition coefficient (Wildman–Crippen LogP) is 7.15. The number of ether oxygens (including phenoxy) is 1. The van der Waals surface area contributed by atoms with E-state index in [1.165, 1.54) is 103 Å². The van der Waals surface area contributed by atoms with Gasteiger partial charge in [0.2, 0.25) is 0 Å². The quantitative estimate of drug-likeness (QED) is 0.166. The minimum absolute atomic E-state index is 0.338. The van der Waals surface area contributed by atoms with E-state index in [2.05, 4.69) is 44.8 Å². The maximum Gasteiger partial charge on any atom is 0.0595 e. The van der Waals surface area contributed by atoms with E-state index in [9.17, 15) is 0 Å². The van der Waals surface area contributed by atoms with Crippen LogP contribution in [-0.4, -0.2) is 55.6 Å². The van der Waals surface area contributed by atoms with Crippen molar-refractivity contribution in [2.24, 2.45) is 10.8 Å². The molecule has 33 heavy (non-hydrogen) atoms. The monoisotopic (exact) mass is 468 g/mol. The maximum atomic E-state index is 9.09. The third-order valence-electron chi connectivity index (χ3n) is 9.14. The van der Waals surface area contributed by atoms with Crippen LogP contribution in [0, 0.1) is 10.8 Å². The Labute approximate surface area is 207 Å². The molecular weight excluding hydrogens is 408 g/mol. The number of hydrogen-bond acceptors (Lipinski definition) is 4. The van der Waals surface area contributed by atoms with Crippen molar-refractivity contribution in [3.8, 4) is 0 Å². The molecule has 2 N–H and O–H groups in total. The minimum Gasteiger partial charge on any atom is -0.396 e. The summed E-state index contributed by atoms with van der Waals surface area (Å²) in [4.78, 5) is 2.67. The van der Waals surface area contributed by atoms with Crippen LogP contribution in [0.1, 0.15) is 131 Å². The summed E-state index contributed by atoms with van der Waals surface area (Å²) in [6.07, 6.45) is 19.3. The van der Waals surface area contributed by atoms with Crippen molar-refractivity contribution in [1.82, 2.24) is 10.2 Å². The molecule has 1 aliphatic rings. The number of nitrogens with zero attached hydrogens (tertiary/aromatic N) is 1. The summed E-state index contributed by atoms with van der Waals surface area (Å²) < 4.78 is 6.02. The van der Waals surface area contributed by atoms with Gasteiger partial charge >= 0.3 is 0 Å². The van der Waals surface area contributed by atoms with Gasteiger partial charge in [-0.25, -0.2) is 0 Å². The van der Waals surface area contributed by atoms with Gasteiger partial charge in [-0.1, -0.05) is 79.6 Å². The van der Waals surface area contributed by atoms with Gasteiger partial charge in [0.05, 0.1) is 6.17 Å². The molecule has 4 nitrogen and oxygen atoms in total. The first kappa shape index (κ1) is 30.9. The second kappa shape index (κ2) is 18.2. The molecule has 0 aliphatic carbocycles. The highest BCUT2D eigenvalue weighted by atomic mass is 16.5. The van der Waals surface area contributed by atoms with Crippen molar-refractivity contribution < 1.29 is 9.84 Å². The molecule has 0 aromatic heterocycles. The fourth-order valence-corrected chi connectivity index (χ4v) is 6.00. The van der Waals surface area contributed by atoms with Crippen molar-refractivity contribution in [3.05, 3.63) is 0 Å². The lowest BCUT2D eigenvalue weighted by Crippen LogP contribution is -2.37. The van der Waals surface area contributed by atoms with E-state index in [0.717, 1.165) is 26.2 Å². The van der Waals surface area contributed by atoms with Crippen LogP contribution in [0.15, 0.2) is 0 Å². The average molecular weight is 469 g/mol. The summed E-state index contributed by atoms with van der Waals surface area (Å²) in [5, 5.41) is 12.7. The van der Waals surface area contributed by atoms with Gasteiger partial charge in [-0.05, 0) is 62.2 Å². The SMILES string of the molecule is CCC1NCCN1CCC(CC)(CC)CCCCOCCCCC(CC)(CC)CCCCO. The molecule has 198 valence electrons. The first-order valence-electron chi connectivity index (χ1n) is 14.7. The molecule has 4 heteroatoms. The molecule has 0 spiro atoms. The minimum atomic E-state index is 0.338. The predicted molar refractivity (Wildman–Crippen MR) is 144 cm³/mol. The van der Waals surface area contributed by atoms with Gasteiger partial charge in [-0.15, -0.1) is 0 Å². The molecule has 0 bridgehead atoms. The molecule has 1 unspecified atom stereocenters. The van der Waals surface area contributed by atoms with E-state index in [1.807, 2.05) is 0 Å². The number of rotatable bonds is 22. The maximum absolute atomic E-state index is 9.09. The average Bonchev–Trinajstić information content (AvgIpc) is 3.32. The number of aliphatic hydroxyl groups is 1. The Balaban J connectivity index is 2.18. The number of nitrogens with one attached hydrogen (secondary N) is 1. The highest BCUT2D eigenvalue weighted by Gasteiger charge is 2.29. The molecule has 1 atom stereocenters. The van der Waals surface area contributed by atoms with Crippen LogP contribution in [0.3, 0.4) is 0 Å². The van der Waals surface area contributed by atoms with E-state index in [0.29, 0.717) is 23.6 Å². The molecule has 1 heterocycles. The van der Waals surface area contributed by atoms with Crippen LogP contribution in [0.4, 0.5) is 0 Å². The zero-order valence-corrected chi connectivity index (χ0v) is 23.2. The Morgan fingerprint density at radius 1 is 0.758 bits per heavy atom. The van der Waals surface area contributed by atoms with Gasteiger partial charge < -0.3 is 15.2 Å². The van der Waals surface area contributed by atoms with Crippen molar-refractivity contribution in [3.63, 3.8) is 0 Å². The molecule has 1 rings (SSSR count). The largest absolute Gasteiger partial charge is 0.396 e. The van der Waals surface area contributed by atoms with Gasteiger partial charge in [-0.2, -0.15) is 0 Å². The fourth-order valence-electron chi connectivity index (χ4n) is 6.00. The van der Waals surface area contributed by atoms with Gasteiger partial charge in [0.15, 0.2) is 0 Å². The van der Waals surface area contributed by atoms with Crippen LogP contribution in [0.25, 0.3) is 0 Å². The normalized spacial score (nSPS) is 17.8. The Kier molecular flexibility index (Phi) is 17.0. The summed E-state index contributed by atoms with van der Waals surface area (Å²) in [6, 6.07) is 0. The highest BCUT2D eigenvalue weighted by Crippen LogP contribution is 2.38. The van der Waals surface area contributed by atoms with Crippen molar-refractivity contribution in [2.45, 2.75) is 137 Å². The van der Waals surface area contributed by atoms with Crippen LogP contribution >= 0.6 is 0 Å². The van der Waals surface area contributed by atoms with Crippen molar-refractivity contribution in [2.75, 3.05) is 39.5 Å². The lowest BCUT2D eigenvalue weighted by atomic mass is 9.74. The molecule has 0 aromatic rings. The Bertz CT molecular complexity index is 449. The third-order valence-corrected chi connectivity index (χ3v) is 9.14. The molecular formula is C29H60N2O2. The summed E-state index contributed by atoms with van der Waals surface area (Å²) in [7, 11) is 0. The zero-order chi connectivity index (χ0) is 24.4. The van der Waals surface area contributed by atoms with E-state index in [-0.39, 0.29) is 0 Å². The molecule has 0 radical (unpaired) electrons. The van der Waals surface area contributed by atoms with Crippen molar-refractivity contribution in [1.29, 1.82) is 0 Å². The van der Waals surface area contributed by atoms with E-state index in [1.54, 1.807) is 0 Å². The Morgan fingerprint density at radius 2 is 1.27 bits per heavy atom. The Morgan fingerprint density at radius 3 is 1.76 bits per heavy atom. The van der Waals surface area contributed by atoms with E-state index < -0.39 is 0 Å². The van der Waals surface area contributed by atoms with Gasteiger partial charge in [0, 0.05) is 39.5 Å². The van der Waals surface area contributed by atoms with Gasteiger partial charge in [-0.3, -0.25) is 4.90 Å². The zero-order valence-electron chi connectivity index (χ0n) is 23.2. The summed E-state index contributed by atoms with van der Waals surface area (Å²) in [6.45, 7) is 17.6. The van der Waals surface area contributed by atoms with E-state index >= 15 is 0 Å². The molecule has 1 fully saturated rings. The highest BCUT2D eigenvalue weighted by molar-refractivity contribution is 4.82. The van der Waals surface area contributed by atoms with Crippen LogP contribution < -0.4 is 5.32 Å². The van der Waals surface area contributed by atoms with Crippen LogP contribution in [0.2, 0.25) is 0 Å². The first-order chi connectivity index (χ1) is 16.0. The first-order valence-corrected chi connectivity index (χ1v) is 14.7. The molecule has 0 aromatic carbocycles. The fraction of sp³-hybridized carbons (Fsp3) is 1.00. The lowest BCUT2D eigenvalue weighted by Gasteiger charge is -2.35. The van der Waals surface area contributed by atoms with Crippen molar-refractivity contribution >= 4 is 0 Å².